The first-order chi connectivity index (χ1) is 12.8. The maximum Gasteiger partial charge on any atom is 0.212 e. The second-order valence-electron chi connectivity index (χ2n) is 5.87. The molecule has 1 N–H and O–H groups in total. The number of ether oxygens (including phenoxy) is 3. The van der Waals surface area contributed by atoms with E-state index in [-0.39, 0.29) is 0 Å². The molecule has 0 bridgehead atoms. The minimum Gasteiger partial charge on any atom is -0.497 e. The Bertz CT molecular complexity index is 926. The van der Waals surface area contributed by atoms with Crippen LogP contribution in [-0.2, 0) is 6.42 Å². The molecule has 6 heteroatoms. The molecule has 0 aliphatic carbocycles. The lowest BCUT2D eigenvalue weighted by molar-refractivity contribution is 0.357. The average Bonchev–Trinajstić information content (AvgIpc) is 3.19. The van der Waals surface area contributed by atoms with Crippen molar-refractivity contribution in [2.75, 3.05) is 26.1 Å². The summed E-state index contributed by atoms with van der Waals surface area (Å²) in [5.74, 6) is 2.87. The topological polar surface area (TPSA) is 65.5 Å². The lowest BCUT2D eigenvalue weighted by atomic mass is 10.0. The zero-order valence-corrected chi connectivity index (χ0v) is 14.7. The molecule has 1 aromatic carbocycles. The van der Waals surface area contributed by atoms with Gasteiger partial charge in [-0.15, -0.1) is 0 Å². The van der Waals surface area contributed by atoms with Gasteiger partial charge in [0.15, 0.2) is 11.6 Å². The van der Waals surface area contributed by atoms with Crippen molar-refractivity contribution in [2.45, 2.75) is 6.42 Å². The number of nitrogens with one attached hydrogen (secondary N) is 1. The molecular formula is C20H19N3O3. The molecule has 2 aromatic heterocycles. The van der Waals surface area contributed by atoms with Gasteiger partial charge >= 0.3 is 0 Å². The van der Waals surface area contributed by atoms with Crippen molar-refractivity contribution >= 4 is 11.5 Å². The Labute approximate surface area is 151 Å². The molecule has 1 aliphatic heterocycles. The summed E-state index contributed by atoms with van der Waals surface area (Å²) in [6, 6.07) is 11.5. The van der Waals surface area contributed by atoms with Crippen LogP contribution in [0.2, 0.25) is 0 Å². The van der Waals surface area contributed by atoms with Crippen LogP contribution in [0.25, 0.3) is 11.1 Å². The monoisotopic (exact) mass is 349 g/mol. The zero-order chi connectivity index (χ0) is 17.9. The molecule has 0 saturated carbocycles. The second kappa shape index (κ2) is 6.92. The van der Waals surface area contributed by atoms with Gasteiger partial charge in [0.1, 0.15) is 5.75 Å². The number of rotatable bonds is 5. The zero-order valence-electron chi connectivity index (χ0n) is 14.7. The van der Waals surface area contributed by atoms with Gasteiger partial charge in [0, 0.05) is 53.3 Å². The van der Waals surface area contributed by atoms with Gasteiger partial charge in [-0.1, -0.05) is 6.07 Å². The van der Waals surface area contributed by atoms with E-state index in [2.05, 4.69) is 15.3 Å². The molecule has 1 aliphatic rings. The van der Waals surface area contributed by atoms with Gasteiger partial charge in [0.25, 0.3) is 0 Å². The van der Waals surface area contributed by atoms with Crippen LogP contribution in [0.15, 0.2) is 48.8 Å². The molecule has 0 unspecified atom stereocenters. The van der Waals surface area contributed by atoms with Crippen LogP contribution < -0.4 is 19.5 Å². The molecule has 0 spiro atoms. The van der Waals surface area contributed by atoms with Gasteiger partial charge in [0.2, 0.25) is 5.88 Å². The van der Waals surface area contributed by atoms with E-state index in [1.165, 1.54) is 0 Å². The predicted octanol–water partition coefficient (Wildman–Crippen LogP) is 3.84. The van der Waals surface area contributed by atoms with Crippen LogP contribution in [-0.4, -0.2) is 30.8 Å². The Kier molecular flexibility index (Phi) is 4.31. The first-order valence-electron chi connectivity index (χ1n) is 8.34. The highest BCUT2D eigenvalue weighted by atomic mass is 16.5. The van der Waals surface area contributed by atoms with Crippen LogP contribution >= 0.6 is 0 Å². The Morgan fingerprint density at radius 2 is 1.96 bits per heavy atom. The number of pyridine rings is 2. The van der Waals surface area contributed by atoms with E-state index in [1.54, 1.807) is 20.4 Å². The van der Waals surface area contributed by atoms with Crippen molar-refractivity contribution in [3.8, 4) is 28.5 Å². The van der Waals surface area contributed by atoms with Crippen LogP contribution in [0.1, 0.15) is 5.56 Å². The predicted molar refractivity (Wildman–Crippen MR) is 99.5 cm³/mol. The van der Waals surface area contributed by atoms with E-state index in [0.717, 1.165) is 40.3 Å². The lowest BCUT2D eigenvalue weighted by Gasteiger charge is -2.13. The smallest absolute Gasteiger partial charge is 0.212 e. The number of hydrogen-bond donors (Lipinski definition) is 1. The average molecular weight is 349 g/mol. The van der Waals surface area contributed by atoms with Crippen LogP contribution in [0, 0.1) is 0 Å². The summed E-state index contributed by atoms with van der Waals surface area (Å²) in [5.41, 5.74) is 4.06. The van der Waals surface area contributed by atoms with E-state index >= 15 is 0 Å². The highest BCUT2D eigenvalue weighted by Crippen LogP contribution is 2.40. The summed E-state index contributed by atoms with van der Waals surface area (Å²) in [5, 5.41) is 3.32. The summed E-state index contributed by atoms with van der Waals surface area (Å²) in [6.07, 6.45) is 4.50. The number of nitrogens with zero attached hydrogens (tertiary/aromatic N) is 2. The fraction of sp³-hybridized carbons (Fsp3) is 0.200. The molecule has 0 amide bonds. The van der Waals surface area contributed by atoms with E-state index < -0.39 is 0 Å². The molecule has 26 heavy (non-hydrogen) atoms. The Hall–Kier alpha value is -3.28. The van der Waals surface area contributed by atoms with Gasteiger partial charge in [-0.25, -0.2) is 9.97 Å². The number of aromatic nitrogens is 2. The van der Waals surface area contributed by atoms with Crippen LogP contribution in [0.4, 0.5) is 11.5 Å². The molecule has 4 rings (SSSR count). The van der Waals surface area contributed by atoms with Crippen molar-refractivity contribution < 1.29 is 14.2 Å². The quantitative estimate of drug-likeness (QED) is 0.755. The third-order valence-electron chi connectivity index (χ3n) is 4.32. The number of benzene rings is 1. The standard InChI is InChI=1S/C20H19N3O3/c1-24-15-5-3-4-14(10-15)23-20-19-16(8-9-26-19)17(12-22-20)13-6-7-18(25-2)21-11-13/h3-7,10-12H,8-9H2,1-2H3,(H,22,23). The van der Waals surface area contributed by atoms with Crippen molar-refractivity contribution in [1.29, 1.82) is 0 Å². The summed E-state index contributed by atoms with van der Waals surface area (Å²) < 4.78 is 16.3. The maximum absolute atomic E-state index is 5.86. The van der Waals surface area contributed by atoms with Gasteiger partial charge in [-0.3, -0.25) is 0 Å². The maximum atomic E-state index is 5.86. The van der Waals surface area contributed by atoms with E-state index in [1.807, 2.05) is 42.6 Å². The van der Waals surface area contributed by atoms with Crippen LogP contribution in [0.3, 0.4) is 0 Å². The molecule has 0 saturated heterocycles. The normalized spacial score (nSPS) is 12.2. The number of anilines is 2. The molecule has 0 atom stereocenters. The highest BCUT2D eigenvalue weighted by molar-refractivity contribution is 5.76. The second-order valence-corrected chi connectivity index (χ2v) is 5.87. The number of methoxy groups -OCH3 is 2. The minimum absolute atomic E-state index is 0.589. The van der Waals surface area contributed by atoms with Crippen LogP contribution in [0.5, 0.6) is 17.4 Å². The first kappa shape index (κ1) is 16.2. The third-order valence-corrected chi connectivity index (χ3v) is 4.32. The summed E-state index contributed by atoms with van der Waals surface area (Å²) in [6.45, 7) is 0.643. The van der Waals surface area contributed by atoms with Gasteiger partial charge in [0.05, 0.1) is 20.8 Å². The molecule has 0 radical (unpaired) electrons. The van der Waals surface area contributed by atoms with Gasteiger partial charge in [-0.05, 0) is 18.2 Å². The van der Waals surface area contributed by atoms with E-state index in [9.17, 15) is 0 Å². The lowest BCUT2D eigenvalue weighted by Crippen LogP contribution is -1.99. The molecule has 0 fully saturated rings. The molecule has 3 heterocycles. The fourth-order valence-electron chi connectivity index (χ4n) is 3.03. The van der Waals surface area contributed by atoms with Gasteiger partial charge < -0.3 is 19.5 Å². The van der Waals surface area contributed by atoms with E-state index in [4.69, 9.17) is 14.2 Å². The highest BCUT2D eigenvalue weighted by Gasteiger charge is 2.22. The molecule has 132 valence electrons. The molecular weight excluding hydrogens is 330 g/mol. The number of hydrogen-bond acceptors (Lipinski definition) is 6. The van der Waals surface area contributed by atoms with E-state index in [0.29, 0.717) is 18.3 Å². The van der Waals surface area contributed by atoms with Crippen molar-refractivity contribution in [3.05, 3.63) is 54.4 Å². The fourth-order valence-corrected chi connectivity index (χ4v) is 3.03. The SMILES string of the molecule is COc1cccc(Nc2ncc(-c3ccc(OC)nc3)c3c2OCC3)c1. The Balaban J connectivity index is 1.69. The summed E-state index contributed by atoms with van der Waals surface area (Å²) >= 11 is 0. The van der Waals surface area contributed by atoms with Crippen molar-refractivity contribution in [3.63, 3.8) is 0 Å². The molecule has 3 aromatic rings. The molecule has 6 nitrogen and oxygen atoms in total. The Morgan fingerprint density at radius 1 is 1.04 bits per heavy atom. The largest absolute Gasteiger partial charge is 0.497 e. The third kappa shape index (κ3) is 3.01. The summed E-state index contributed by atoms with van der Waals surface area (Å²) in [4.78, 5) is 8.87. The first-order valence-corrected chi connectivity index (χ1v) is 8.34. The van der Waals surface area contributed by atoms with Crippen molar-refractivity contribution in [2.24, 2.45) is 0 Å². The Morgan fingerprint density at radius 3 is 2.73 bits per heavy atom. The number of fused-ring (bicyclic) bond motifs is 1. The minimum atomic E-state index is 0.589. The van der Waals surface area contributed by atoms with Crippen molar-refractivity contribution in [1.82, 2.24) is 9.97 Å². The summed E-state index contributed by atoms with van der Waals surface area (Å²) in [7, 11) is 3.25. The van der Waals surface area contributed by atoms with Gasteiger partial charge in [-0.2, -0.15) is 0 Å².